The van der Waals surface area contributed by atoms with Gasteiger partial charge in [-0.2, -0.15) is 0 Å². The highest BCUT2D eigenvalue weighted by Crippen LogP contribution is 2.21. The quantitative estimate of drug-likeness (QED) is 0.831. The third-order valence-corrected chi connectivity index (χ3v) is 4.71. The lowest BCUT2D eigenvalue weighted by atomic mass is 10.3. The Bertz CT molecular complexity index is 636. The minimum absolute atomic E-state index is 0.0849. The molecule has 2 aromatic rings. The normalized spacial score (nSPS) is 9.79. The summed E-state index contributed by atoms with van der Waals surface area (Å²) in [7, 11) is 0. The van der Waals surface area contributed by atoms with E-state index in [9.17, 15) is 4.79 Å². The third-order valence-electron chi connectivity index (χ3n) is 2.21. The summed E-state index contributed by atoms with van der Waals surface area (Å²) in [6.07, 6.45) is 0. The lowest BCUT2D eigenvalue weighted by Gasteiger charge is -2.00. The molecular formula is C13H10BrNO2S2. The Morgan fingerprint density at radius 2 is 2.32 bits per heavy atom. The number of thiophene rings is 2. The third kappa shape index (κ3) is 4.18. The summed E-state index contributed by atoms with van der Waals surface area (Å²) in [6, 6.07) is 5.61. The molecule has 0 fully saturated rings. The molecule has 2 aromatic heterocycles. The van der Waals surface area contributed by atoms with E-state index in [-0.39, 0.29) is 12.5 Å². The molecule has 98 valence electrons. The number of aliphatic hydroxyl groups is 1. The first-order valence-corrected chi connectivity index (χ1v) is 7.88. The van der Waals surface area contributed by atoms with Gasteiger partial charge in [0.2, 0.25) is 0 Å². The number of hydrogen-bond acceptors (Lipinski definition) is 4. The summed E-state index contributed by atoms with van der Waals surface area (Å²) in [6.45, 7) is 0.342. The van der Waals surface area contributed by atoms with E-state index in [1.54, 1.807) is 6.07 Å². The first-order valence-electron chi connectivity index (χ1n) is 5.39. The number of rotatable bonds is 3. The van der Waals surface area contributed by atoms with Gasteiger partial charge >= 0.3 is 0 Å². The molecule has 3 nitrogen and oxygen atoms in total. The largest absolute Gasteiger partial charge is 0.384 e. The van der Waals surface area contributed by atoms with Gasteiger partial charge in [-0.05, 0) is 34.1 Å². The van der Waals surface area contributed by atoms with Crippen LogP contribution in [0.1, 0.15) is 20.1 Å². The van der Waals surface area contributed by atoms with Gasteiger partial charge < -0.3 is 10.4 Å². The molecule has 2 heterocycles. The molecule has 0 saturated heterocycles. The highest BCUT2D eigenvalue weighted by Gasteiger charge is 2.08. The van der Waals surface area contributed by atoms with Gasteiger partial charge in [0.15, 0.2) is 0 Å². The molecule has 1 amide bonds. The summed E-state index contributed by atoms with van der Waals surface area (Å²) >= 11 is 6.32. The van der Waals surface area contributed by atoms with Crippen LogP contribution in [0.5, 0.6) is 0 Å². The monoisotopic (exact) mass is 355 g/mol. The van der Waals surface area contributed by atoms with Crippen molar-refractivity contribution in [1.29, 1.82) is 0 Å². The molecule has 0 bridgehead atoms. The standard InChI is InChI=1S/C13H10BrNO2S2/c14-12-6-9(8-18-12)13(17)15-7-11-4-3-10(19-11)2-1-5-16/h3-4,6,8,16H,5,7H2,(H,15,17). The van der Waals surface area contributed by atoms with E-state index in [0.29, 0.717) is 12.1 Å². The van der Waals surface area contributed by atoms with Crippen LogP contribution in [0, 0.1) is 11.8 Å². The van der Waals surface area contributed by atoms with Crippen LogP contribution in [-0.4, -0.2) is 17.6 Å². The smallest absolute Gasteiger partial charge is 0.252 e. The van der Waals surface area contributed by atoms with Crippen LogP contribution in [0.15, 0.2) is 27.4 Å². The minimum Gasteiger partial charge on any atom is -0.384 e. The zero-order valence-electron chi connectivity index (χ0n) is 9.77. The molecule has 0 radical (unpaired) electrons. The second-order valence-corrected chi connectivity index (χ2v) is 7.01. The van der Waals surface area contributed by atoms with Gasteiger partial charge in [0.1, 0.15) is 6.61 Å². The van der Waals surface area contributed by atoms with Gasteiger partial charge in [-0.25, -0.2) is 0 Å². The molecule has 0 aromatic carbocycles. The lowest BCUT2D eigenvalue weighted by molar-refractivity contribution is 0.0951. The number of aliphatic hydroxyl groups excluding tert-OH is 1. The number of carbonyl (C=O) groups excluding carboxylic acids is 1. The second kappa shape index (κ2) is 6.87. The predicted molar refractivity (Wildman–Crippen MR) is 81.5 cm³/mol. The molecule has 0 saturated carbocycles. The molecule has 19 heavy (non-hydrogen) atoms. The van der Waals surface area contributed by atoms with Crippen molar-refractivity contribution >= 4 is 44.5 Å². The van der Waals surface area contributed by atoms with Crippen LogP contribution in [0.4, 0.5) is 0 Å². The van der Waals surface area contributed by atoms with Gasteiger partial charge in [-0.1, -0.05) is 11.8 Å². The Balaban J connectivity index is 1.92. The summed E-state index contributed by atoms with van der Waals surface area (Å²) in [5.41, 5.74) is 0.661. The highest BCUT2D eigenvalue weighted by molar-refractivity contribution is 9.11. The fourth-order valence-electron chi connectivity index (χ4n) is 1.37. The van der Waals surface area contributed by atoms with E-state index in [2.05, 4.69) is 33.1 Å². The summed E-state index contributed by atoms with van der Waals surface area (Å²) < 4.78 is 0.940. The Labute approximate surface area is 127 Å². The Kier molecular flexibility index (Phi) is 5.16. The fourth-order valence-corrected chi connectivity index (χ4v) is 3.32. The van der Waals surface area contributed by atoms with E-state index in [1.807, 2.05) is 17.5 Å². The molecule has 0 aliphatic heterocycles. The van der Waals surface area contributed by atoms with E-state index >= 15 is 0 Å². The van der Waals surface area contributed by atoms with Crippen molar-refractivity contribution in [3.63, 3.8) is 0 Å². The van der Waals surface area contributed by atoms with Crippen LogP contribution in [0.2, 0.25) is 0 Å². The molecule has 2 N–H and O–H groups in total. The van der Waals surface area contributed by atoms with E-state index in [1.165, 1.54) is 22.7 Å². The van der Waals surface area contributed by atoms with Crippen molar-refractivity contribution in [3.05, 3.63) is 42.7 Å². The Morgan fingerprint density at radius 1 is 1.47 bits per heavy atom. The second-order valence-electron chi connectivity index (χ2n) is 3.55. The molecule has 0 unspecified atom stereocenters. The van der Waals surface area contributed by atoms with E-state index < -0.39 is 0 Å². The molecule has 0 aliphatic rings. The number of halogens is 1. The van der Waals surface area contributed by atoms with Gasteiger partial charge in [-0.3, -0.25) is 4.79 Å². The van der Waals surface area contributed by atoms with Crippen LogP contribution in [-0.2, 0) is 6.54 Å². The van der Waals surface area contributed by atoms with Crippen LogP contribution >= 0.6 is 38.6 Å². The topological polar surface area (TPSA) is 49.3 Å². The van der Waals surface area contributed by atoms with Crippen molar-refractivity contribution < 1.29 is 9.90 Å². The maximum Gasteiger partial charge on any atom is 0.252 e. The average molecular weight is 356 g/mol. The van der Waals surface area contributed by atoms with Crippen LogP contribution in [0.3, 0.4) is 0 Å². The Hall–Kier alpha value is -1.13. The van der Waals surface area contributed by atoms with Crippen molar-refractivity contribution in [3.8, 4) is 11.8 Å². The van der Waals surface area contributed by atoms with Crippen LogP contribution < -0.4 is 5.32 Å². The number of carbonyl (C=O) groups is 1. The lowest BCUT2D eigenvalue weighted by Crippen LogP contribution is -2.21. The van der Waals surface area contributed by atoms with Crippen molar-refractivity contribution in [2.24, 2.45) is 0 Å². The first-order chi connectivity index (χ1) is 9.19. The zero-order chi connectivity index (χ0) is 13.7. The molecule has 6 heteroatoms. The maximum absolute atomic E-state index is 11.8. The van der Waals surface area contributed by atoms with E-state index in [4.69, 9.17) is 5.11 Å². The molecule has 0 spiro atoms. The molecule has 0 aliphatic carbocycles. The van der Waals surface area contributed by atoms with Gasteiger partial charge in [0, 0.05) is 10.3 Å². The SMILES string of the molecule is O=C(NCc1ccc(C#CCO)s1)c1csc(Br)c1. The highest BCUT2D eigenvalue weighted by atomic mass is 79.9. The van der Waals surface area contributed by atoms with Crippen molar-refractivity contribution in [1.82, 2.24) is 5.32 Å². The minimum atomic E-state index is -0.142. The van der Waals surface area contributed by atoms with Gasteiger partial charge in [-0.15, -0.1) is 22.7 Å². The maximum atomic E-state index is 11.8. The zero-order valence-corrected chi connectivity index (χ0v) is 13.0. The fraction of sp³-hybridized carbons (Fsp3) is 0.154. The molecular weight excluding hydrogens is 346 g/mol. The van der Waals surface area contributed by atoms with E-state index in [0.717, 1.165) is 13.5 Å². The average Bonchev–Trinajstić information content (AvgIpc) is 3.02. The molecule has 0 atom stereocenters. The number of hydrogen-bond donors (Lipinski definition) is 2. The van der Waals surface area contributed by atoms with Gasteiger partial charge in [0.25, 0.3) is 5.91 Å². The van der Waals surface area contributed by atoms with Crippen LogP contribution in [0.25, 0.3) is 0 Å². The van der Waals surface area contributed by atoms with Crippen molar-refractivity contribution in [2.45, 2.75) is 6.54 Å². The summed E-state index contributed by atoms with van der Waals surface area (Å²) in [5.74, 6) is 5.35. The predicted octanol–water partition coefficient (Wildman–Crippen LogP) is 2.85. The summed E-state index contributed by atoms with van der Waals surface area (Å²) in [5, 5.41) is 13.3. The van der Waals surface area contributed by atoms with Gasteiger partial charge in [0.05, 0.1) is 20.8 Å². The Morgan fingerprint density at radius 3 is 3.00 bits per heavy atom. The number of amides is 1. The number of nitrogens with one attached hydrogen (secondary N) is 1. The first kappa shape index (κ1) is 14.3. The van der Waals surface area contributed by atoms with Crippen molar-refractivity contribution in [2.75, 3.05) is 6.61 Å². The summed E-state index contributed by atoms with van der Waals surface area (Å²) in [4.78, 5) is 13.7. The molecule has 2 rings (SSSR count).